The van der Waals surface area contributed by atoms with Crippen molar-refractivity contribution in [3.63, 3.8) is 0 Å². The van der Waals surface area contributed by atoms with Crippen molar-refractivity contribution in [2.45, 2.75) is 69.1 Å². The summed E-state index contributed by atoms with van der Waals surface area (Å²) in [5.41, 5.74) is 16.0. The van der Waals surface area contributed by atoms with Gasteiger partial charge in [0.2, 0.25) is 17.7 Å². The molecule has 12 N–H and O–H groups in total. The van der Waals surface area contributed by atoms with Crippen molar-refractivity contribution >= 4 is 29.7 Å². The molecule has 0 aromatic rings. The lowest BCUT2D eigenvalue weighted by atomic mass is 10.1. The van der Waals surface area contributed by atoms with E-state index in [-0.39, 0.29) is 25.3 Å². The summed E-state index contributed by atoms with van der Waals surface area (Å²) in [6, 6.07) is -4.01. The third-order valence-corrected chi connectivity index (χ3v) is 5.33. The number of carboxylic acids is 1. The number of carboxylic acid groups (broad SMARTS) is 1. The summed E-state index contributed by atoms with van der Waals surface area (Å²) in [5.74, 6) is -3.24. The number of amides is 3. The number of hydrogen-bond acceptors (Lipinski definition) is 8. The number of aliphatic carboxylic acids is 1. The lowest BCUT2D eigenvalue weighted by Crippen LogP contribution is -2.58. The molecule has 0 aromatic heterocycles. The zero-order valence-corrected chi connectivity index (χ0v) is 19.3. The van der Waals surface area contributed by atoms with E-state index in [1.54, 1.807) is 0 Å². The largest absolute Gasteiger partial charge is 0.480 e. The van der Waals surface area contributed by atoms with Crippen LogP contribution in [0.2, 0.25) is 0 Å². The van der Waals surface area contributed by atoms with Gasteiger partial charge >= 0.3 is 5.97 Å². The van der Waals surface area contributed by atoms with Crippen molar-refractivity contribution in [2.24, 2.45) is 22.2 Å². The molecule has 0 saturated carbocycles. The molecule has 14 heteroatoms. The number of rotatable bonds is 16. The Balaban J connectivity index is 2.83. The van der Waals surface area contributed by atoms with E-state index in [0.717, 1.165) is 6.42 Å². The Hall–Kier alpha value is -2.97. The molecule has 0 spiro atoms. The van der Waals surface area contributed by atoms with Crippen LogP contribution in [-0.4, -0.2) is 90.3 Å². The summed E-state index contributed by atoms with van der Waals surface area (Å²) >= 11 is 0. The molecule has 1 heterocycles. The van der Waals surface area contributed by atoms with Gasteiger partial charge in [-0.25, -0.2) is 4.79 Å². The van der Waals surface area contributed by atoms with E-state index in [0.29, 0.717) is 38.8 Å². The number of unbranched alkanes of at least 4 members (excludes halogenated alkanes) is 1. The third kappa shape index (κ3) is 10.8. The fraction of sp³-hybridized carbons (Fsp3) is 0.750. The Morgan fingerprint density at radius 2 is 1.62 bits per heavy atom. The maximum atomic E-state index is 12.8. The van der Waals surface area contributed by atoms with Crippen LogP contribution in [-0.2, 0) is 19.2 Å². The molecule has 4 atom stereocenters. The van der Waals surface area contributed by atoms with Gasteiger partial charge in [-0.1, -0.05) is 0 Å². The molecule has 1 rings (SSSR count). The van der Waals surface area contributed by atoms with E-state index in [9.17, 15) is 29.4 Å². The first kappa shape index (κ1) is 29.1. The smallest absolute Gasteiger partial charge is 0.326 e. The first-order valence-electron chi connectivity index (χ1n) is 11.4. The fourth-order valence-corrected chi connectivity index (χ4v) is 3.44. The molecule has 14 nitrogen and oxygen atoms in total. The Morgan fingerprint density at radius 1 is 0.971 bits per heavy atom. The van der Waals surface area contributed by atoms with Crippen LogP contribution in [0.5, 0.6) is 0 Å². The molecule has 0 aromatic carbocycles. The van der Waals surface area contributed by atoms with E-state index in [1.165, 1.54) is 0 Å². The van der Waals surface area contributed by atoms with E-state index < -0.39 is 54.5 Å². The molecule has 3 amide bonds. The van der Waals surface area contributed by atoms with Crippen molar-refractivity contribution in [1.29, 1.82) is 0 Å². The molecule has 1 aliphatic rings. The summed E-state index contributed by atoms with van der Waals surface area (Å²) in [5, 5.41) is 29.4. The second-order valence-corrected chi connectivity index (χ2v) is 8.09. The predicted octanol–water partition coefficient (Wildman–Crippen LogP) is -3.55. The summed E-state index contributed by atoms with van der Waals surface area (Å²) in [7, 11) is 0. The highest BCUT2D eigenvalue weighted by molar-refractivity contribution is 5.94. The van der Waals surface area contributed by atoms with Crippen LogP contribution in [0.1, 0.15) is 44.9 Å². The highest BCUT2D eigenvalue weighted by atomic mass is 16.4. The molecule has 0 aliphatic carbocycles. The van der Waals surface area contributed by atoms with Gasteiger partial charge in [-0.3, -0.25) is 19.4 Å². The summed E-state index contributed by atoms with van der Waals surface area (Å²) in [6.07, 6.45) is 3.12. The molecule has 1 aliphatic heterocycles. The van der Waals surface area contributed by atoms with Crippen molar-refractivity contribution in [2.75, 3.05) is 26.2 Å². The van der Waals surface area contributed by atoms with Gasteiger partial charge < -0.3 is 48.7 Å². The number of hydrogen-bond donors (Lipinski definition) is 9. The Bertz CT molecular complexity index is 709. The van der Waals surface area contributed by atoms with Crippen LogP contribution >= 0.6 is 0 Å². The molecule has 0 bridgehead atoms. The monoisotopic (exact) mass is 486 g/mol. The lowest BCUT2D eigenvalue weighted by Gasteiger charge is -2.24. The molecule has 194 valence electrons. The summed E-state index contributed by atoms with van der Waals surface area (Å²) < 4.78 is 0. The number of carbonyl (C=O) groups excluding carboxylic acids is 3. The normalized spacial score (nSPS) is 17.8. The molecular weight excluding hydrogens is 448 g/mol. The topological polar surface area (TPSA) is 247 Å². The Kier molecular flexibility index (Phi) is 13.5. The van der Waals surface area contributed by atoms with Gasteiger partial charge in [0.1, 0.15) is 18.1 Å². The average molecular weight is 487 g/mol. The minimum Gasteiger partial charge on any atom is -0.480 e. The average Bonchev–Trinajstić information content (AvgIpc) is 3.33. The zero-order valence-electron chi connectivity index (χ0n) is 19.3. The molecule has 34 heavy (non-hydrogen) atoms. The summed E-state index contributed by atoms with van der Waals surface area (Å²) in [4.78, 5) is 53.2. The molecule has 0 radical (unpaired) electrons. The number of aliphatic hydroxyl groups is 1. The first-order valence-corrected chi connectivity index (χ1v) is 11.4. The maximum Gasteiger partial charge on any atom is 0.326 e. The van der Waals surface area contributed by atoms with Crippen LogP contribution < -0.4 is 38.5 Å². The summed E-state index contributed by atoms with van der Waals surface area (Å²) in [6.45, 7) is 0.592. The lowest BCUT2D eigenvalue weighted by molar-refractivity contribution is -0.142. The van der Waals surface area contributed by atoms with Gasteiger partial charge in [-0.05, 0) is 58.0 Å². The van der Waals surface area contributed by atoms with E-state index in [4.69, 9.17) is 17.2 Å². The minimum absolute atomic E-state index is 0.0970. The SMILES string of the molecule is NCCCCC(NC(=O)C(CCCN=C(N)N)NC(=O)C(CO)NC(=O)C1CCCN1)C(=O)O. The number of nitrogens with one attached hydrogen (secondary N) is 4. The van der Waals surface area contributed by atoms with E-state index in [2.05, 4.69) is 26.3 Å². The Morgan fingerprint density at radius 3 is 2.18 bits per heavy atom. The quantitative estimate of drug-likeness (QED) is 0.0590. The molecule has 4 unspecified atom stereocenters. The van der Waals surface area contributed by atoms with Gasteiger partial charge in [0.15, 0.2) is 5.96 Å². The highest BCUT2D eigenvalue weighted by Crippen LogP contribution is 2.07. The number of guanidine groups is 1. The van der Waals surface area contributed by atoms with Gasteiger partial charge in [-0.2, -0.15) is 0 Å². The Labute approximate surface area is 198 Å². The molecular formula is C20H38N8O6. The van der Waals surface area contributed by atoms with E-state index in [1.807, 2.05) is 0 Å². The molecule has 1 saturated heterocycles. The number of nitrogens with zero attached hydrogens (tertiary/aromatic N) is 1. The second kappa shape index (κ2) is 15.8. The fourth-order valence-electron chi connectivity index (χ4n) is 3.44. The van der Waals surface area contributed by atoms with Gasteiger partial charge in [0, 0.05) is 6.54 Å². The maximum absolute atomic E-state index is 12.8. The highest BCUT2D eigenvalue weighted by Gasteiger charge is 2.31. The third-order valence-electron chi connectivity index (χ3n) is 5.33. The van der Waals surface area contributed by atoms with Crippen LogP contribution in [0.4, 0.5) is 0 Å². The van der Waals surface area contributed by atoms with Crippen molar-refractivity contribution < 1.29 is 29.4 Å². The molecule has 1 fully saturated rings. The van der Waals surface area contributed by atoms with Crippen LogP contribution in [0, 0.1) is 0 Å². The van der Waals surface area contributed by atoms with Gasteiger partial charge in [0.05, 0.1) is 12.6 Å². The van der Waals surface area contributed by atoms with Crippen molar-refractivity contribution in [3.05, 3.63) is 0 Å². The van der Waals surface area contributed by atoms with Gasteiger partial charge in [0.25, 0.3) is 0 Å². The van der Waals surface area contributed by atoms with Crippen molar-refractivity contribution in [1.82, 2.24) is 21.3 Å². The number of aliphatic imine (C=N–C) groups is 1. The van der Waals surface area contributed by atoms with Crippen molar-refractivity contribution in [3.8, 4) is 0 Å². The van der Waals surface area contributed by atoms with Gasteiger partial charge in [-0.15, -0.1) is 0 Å². The second-order valence-electron chi connectivity index (χ2n) is 8.09. The van der Waals surface area contributed by atoms with Crippen LogP contribution in [0.3, 0.4) is 0 Å². The standard InChI is InChI=1S/C20H38N8O6/c21-8-2-1-5-14(19(33)34)27-17(31)13(7-4-10-25-20(22)23)26-18(32)15(11-29)28-16(30)12-6-3-9-24-12/h12-15,24,29H,1-11,21H2,(H,26,32)(H,27,31)(H,28,30)(H,33,34)(H4,22,23,25). The predicted molar refractivity (Wildman–Crippen MR) is 124 cm³/mol. The number of nitrogens with two attached hydrogens (primary N) is 3. The van der Waals surface area contributed by atoms with E-state index >= 15 is 0 Å². The number of carbonyl (C=O) groups is 4. The van der Waals surface area contributed by atoms with Crippen LogP contribution in [0.25, 0.3) is 0 Å². The van der Waals surface area contributed by atoms with Crippen LogP contribution in [0.15, 0.2) is 4.99 Å². The minimum atomic E-state index is -1.28. The first-order chi connectivity index (χ1) is 16.2. The number of aliphatic hydroxyl groups excluding tert-OH is 1. The zero-order chi connectivity index (χ0) is 25.5.